The number of thioether (sulfide) groups is 1. The van der Waals surface area contributed by atoms with E-state index >= 15 is 0 Å². The van der Waals surface area contributed by atoms with Crippen LogP contribution in [-0.4, -0.2) is 11.1 Å². The molecule has 0 amide bonds. The Balaban J connectivity index is 2.17. The lowest BCUT2D eigenvalue weighted by Crippen LogP contribution is -1.99. The molecule has 0 aliphatic rings. The minimum atomic E-state index is -0.911. The Kier molecular flexibility index (Phi) is 4.97. The van der Waals surface area contributed by atoms with E-state index in [0.717, 1.165) is 16.0 Å². The molecule has 0 aromatic heterocycles. The first-order chi connectivity index (χ1) is 9.49. The van der Waals surface area contributed by atoms with Gasteiger partial charge < -0.3 is 5.11 Å². The van der Waals surface area contributed by atoms with Gasteiger partial charge in [0.05, 0.1) is 15.6 Å². The average molecular weight is 327 g/mol. The Labute approximate surface area is 131 Å². The molecule has 2 aromatic carbocycles. The highest BCUT2D eigenvalue weighted by molar-refractivity contribution is 7.98. The highest BCUT2D eigenvalue weighted by Gasteiger charge is 2.09. The summed E-state index contributed by atoms with van der Waals surface area (Å²) in [5.74, 6) is -0.271. The maximum atomic E-state index is 11.1. The largest absolute Gasteiger partial charge is 0.478 e. The zero-order valence-corrected chi connectivity index (χ0v) is 13.0. The molecule has 0 aliphatic heterocycles. The molecule has 1 N–H and O–H groups in total. The van der Waals surface area contributed by atoms with Crippen LogP contribution in [0.1, 0.15) is 21.5 Å². The number of hydrogen-bond donors (Lipinski definition) is 1. The van der Waals surface area contributed by atoms with Crippen molar-refractivity contribution in [1.82, 2.24) is 0 Å². The molecule has 2 aromatic rings. The van der Waals surface area contributed by atoms with Crippen LogP contribution < -0.4 is 0 Å². The molecule has 5 heteroatoms. The fourth-order valence-corrected chi connectivity index (χ4v) is 3.14. The smallest absolute Gasteiger partial charge is 0.335 e. The number of aromatic carboxylic acids is 1. The third-order valence-electron chi connectivity index (χ3n) is 2.87. The van der Waals surface area contributed by atoms with Crippen molar-refractivity contribution in [2.24, 2.45) is 0 Å². The average Bonchev–Trinajstić information content (AvgIpc) is 2.41. The van der Waals surface area contributed by atoms with Crippen molar-refractivity contribution < 1.29 is 9.90 Å². The Morgan fingerprint density at radius 3 is 2.70 bits per heavy atom. The second-order valence-corrected chi connectivity index (χ2v) is 6.12. The number of halogens is 2. The van der Waals surface area contributed by atoms with Gasteiger partial charge in [0, 0.05) is 10.6 Å². The highest BCUT2D eigenvalue weighted by Crippen LogP contribution is 2.31. The summed E-state index contributed by atoms with van der Waals surface area (Å²) in [5, 5.41) is 10.2. The zero-order chi connectivity index (χ0) is 14.7. The number of hydrogen-bond acceptors (Lipinski definition) is 2. The molecule has 0 spiro atoms. The summed E-state index contributed by atoms with van der Waals surface area (Å²) in [5.41, 5.74) is 2.01. The molecule has 104 valence electrons. The van der Waals surface area contributed by atoms with Crippen LogP contribution in [0.25, 0.3) is 0 Å². The fraction of sp³-hybridized carbons (Fsp3) is 0.133. The quantitative estimate of drug-likeness (QED) is 0.775. The Morgan fingerprint density at radius 1 is 1.25 bits per heavy atom. The van der Waals surface area contributed by atoms with Gasteiger partial charge in [-0.2, -0.15) is 0 Å². The first-order valence-corrected chi connectivity index (χ1v) is 7.63. The Bertz CT molecular complexity index is 656. The van der Waals surface area contributed by atoms with Crippen molar-refractivity contribution in [2.45, 2.75) is 17.6 Å². The number of benzene rings is 2. The lowest BCUT2D eigenvalue weighted by Gasteiger charge is -2.07. The Morgan fingerprint density at radius 2 is 2.00 bits per heavy atom. The molecule has 0 saturated carbocycles. The number of rotatable bonds is 4. The predicted molar refractivity (Wildman–Crippen MR) is 84.2 cm³/mol. The molecule has 0 atom stereocenters. The molecule has 0 unspecified atom stereocenters. The normalized spacial score (nSPS) is 10.6. The van der Waals surface area contributed by atoms with Gasteiger partial charge in [0.2, 0.25) is 0 Å². The molecular weight excluding hydrogens is 315 g/mol. The van der Waals surface area contributed by atoms with E-state index in [1.54, 1.807) is 19.1 Å². The number of carboxylic acids is 1. The Hall–Kier alpha value is -1.16. The van der Waals surface area contributed by atoms with Crippen molar-refractivity contribution in [3.63, 3.8) is 0 Å². The SMILES string of the molecule is Cc1ccc(SCc2cccc(Cl)c2Cl)cc1C(=O)O. The number of aryl methyl sites for hydroxylation is 1. The first kappa shape index (κ1) is 15.2. The van der Waals surface area contributed by atoms with E-state index in [0.29, 0.717) is 21.4 Å². The number of carboxylic acid groups (broad SMARTS) is 1. The predicted octanol–water partition coefficient (Wildman–Crippen LogP) is 5.29. The van der Waals surface area contributed by atoms with Crippen molar-refractivity contribution >= 4 is 40.9 Å². The van der Waals surface area contributed by atoms with Gasteiger partial charge in [0.1, 0.15) is 0 Å². The molecule has 2 rings (SSSR count). The van der Waals surface area contributed by atoms with E-state index < -0.39 is 5.97 Å². The van der Waals surface area contributed by atoms with E-state index in [1.807, 2.05) is 24.3 Å². The van der Waals surface area contributed by atoms with Gasteiger partial charge in [-0.3, -0.25) is 0 Å². The van der Waals surface area contributed by atoms with E-state index in [4.69, 9.17) is 28.3 Å². The second kappa shape index (κ2) is 6.53. The standard InChI is InChI=1S/C15H12Cl2O2S/c1-9-5-6-11(7-12(9)15(18)19)20-8-10-3-2-4-13(16)14(10)17/h2-7H,8H2,1H3,(H,18,19). The maximum Gasteiger partial charge on any atom is 0.335 e. The van der Waals surface area contributed by atoms with Crippen LogP contribution in [0.15, 0.2) is 41.3 Å². The molecule has 2 nitrogen and oxygen atoms in total. The summed E-state index contributed by atoms with van der Waals surface area (Å²) >= 11 is 13.6. The van der Waals surface area contributed by atoms with Crippen LogP contribution in [0.4, 0.5) is 0 Å². The zero-order valence-electron chi connectivity index (χ0n) is 10.7. The summed E-state index contributed by atoms with van der Waals surface area (Å²) in [4.78, 5) is 12.0. The van der Waals surface area contributed by atoms with E-state index in [-0.39, 0.29) is 0 Å². The first-order valence-electron chi connectivity index (χ1n) is 5.88. The van der Waals surface area contributed by atoms with Crippen LogP contribution in [0.5, 0.6) is 0 Å². The summed E-state index contributed by atoms with van der Waals surface area (Å²) in [6.45, 7) is 1.78. The third-order valence-corrected chi connectivity index (χ3v) is 4.77. The van der Waals surface area contributed by atoms with E-state index in [1.165, 1.54) is 11.8 Å². The van der Waals surface area contributed by atoms with Gasteiger partial charge in [0.15, 0.2) is 0 Å². The third kappa shape index (κ3) is 3.48. The van der Waals surface area contributed by atoms with E-state index in [2.05, 4.69) is 0 Å². The molecular formula is C15H12Cl2O2S. The molecule has 0 aliphatic carbocycles. The monoisotopic (exact) mass is 326 g/mol. The van der Waals surface area contributed by atoms with Gasteiger partial charge in [-0.25, -0.2) is 4.79 Å². The van der Waals surface area contributed by atoms with Gasteiger partial charge in [-0.05, 0) is 36.2 Å². The fourth-order valence-electron chi connectivity index (χ4n) is 1.74. The minimum Gasteiger partial charge on any atom is -0.478 e. The lowest BCUT2D eigenvalue weighted by molar-refractivity contribution is 0.0696. The van der Waals surface area contributed by atoms with Gasteiger partial charge in [-0.15, -0.1) is 11.8 Å². The second-order valence-electron chi connectivity index (χ2n) is 4.28. The van der Waals surface area contributed by atoms with Gasteiger partial charge in [-0.1, -0.05) is 41.4 Å². The molecule has 0 radical (unpaired) electrons. The van der Waals surface area contributed by atoms with Crippen LogP contribution in [-0.2, 0) is 5.75 Å². The lowest BCUT2D eigenvalue weighted by atomic mass is 10.1. The summed E-state index contributed by atoms with van der Waals surface area (Å²) in [6.07, 6.45) is 0. The van der Waals surface area contributed by atoms with Gasteiger partial charge in [0.25, 0.3) is 0 Å². The van der Waals surface area contributed by atoms with Crippen LogP contribution >= 0.6 is 35.0 Å². The van der Waals surface area contributed by atoms with Gasteiger partial charge >= 0.3 is 5.97 Å². The molecule has 20 heavy (non-hydrogen) atoms. The summed E-state index contributed by atoms with van der Waals surface area (Å²) in [6, 6.07) is 10.9. The van der Waals surface area contributed by atoms with Crippen LogP contribution in [0.3, 0.4) is 0 Å². The summed E-state index contributed by atoms with van der Waals surface area (Å²) in [7, 11) is 0. The maximum absolute atomic E-state index is 11.1. The molecule has 0 bridgehead atoms. The minimum absolute atomic E-state index is 0.326. The summed E-state index contributed by atoms with van der Waals surface area (Å²) < 4.78 is 0. The topological polar surface area (TPSA) is 37.3 Å². The highest BCUT2D eigenvalue weighted by atomic mass is 35.5. The van der Waals surface area contributed by atoms with Crippen LogP contribution in [0, 0.1) is 6.92 Å². The number of carbonyl (C=O) groups is 1. The van der Waals surface area contributed by atoms with Crippen molar-refractivity contribution in [1.29, 1.82) is 0 Å². The molecule has 0 saturated heterocycles. The van der Waals surface area contributed by atoms with E-state index in [9.17, 15) is 4.79 Å². The molecule has 0 fully saturated rings. The molecule has 0 heterocycles. The van der Waals surface area contributed by atoms with Crippen molar-refractivity contribution in [2.75, 3.05) is 0 Å². The van der Waals surface area contributed by atoms with Crippen molar-refractivity contribution in [3.8, 4) is 0 Å². The van der Waals surface area contributed by atoms with Crippen LogP contribution in [0.2, 0.25) is 10.0 Å². The van der Waals surface area contributed by atoms with Crippen molar-refractivity contribution in [3.05, 3.63) is 63.1 Å².